The summed E-state index contributed by atoms with van der Waals surface area (Å²) < 4.78 is 11.8. The number of aryl methyl sites for hydroxylation is 1. The van der Waals surface area contributed by atoms with Gasteiger partial charge in [0.15, 0.2) is 5.96 Å². The summed E-state index contributed by atoms with van der Waals surface area (Å²) in [5.74, 6) is 4.09. The minimum absolute atomic E-state index is 0. The molecule has 1 atom stereocenters. The summed E-state index contributed by atoms with van der Waals surface area (Å²) in [6.45, 7) is 12.9. The zero-order valence-corrected chi connectivity index (χ0v) is 20.0. The molecule has 154 valence electrons. The van der Waals surface area contributed by atoms with Gasteiger partial charge in [-0.25, -0.2) is 0 Å². The fourth-order valence-electron chi connectivity index (χ4n) is 3.65. The fourth-order valence-corrected chi connectivity index (χ4v) is 4.76. The first-order valence-electron chi connectivity index (χ1n) is 9.46. The van der Waals surface area contributed by atoms with Gasteiger partial charge in [-0.1, -0.05) is 0 Å². The van der Waals surface area contributed by atoms with E-state index in [0.29, 0.717) is 0 Å². The predicted molar refractivity (Wildman–Crippen MR) is 123 cm³/mol. The van der Waals surface area contributed by atoms with E-state index in [-0.39, 0.29) is 34.8 Å². The van der Waals surface area contributed by atoms with Gasteiger partial charge in [-0.2, -0.15) is 11.8 Å². The van der Waals surface area contributed by atoms with E-state index in [1.807, 2.05) is 31.8 Å². The molecule has 2 saturated heterocycles. The molecule has 0 amide bonds. The van der Waals surface area contributed by atoms with Crippen LogP contribution in [0.2, 0.25) is 0 Å². The third-order valence-electron chi connectivity index (χ3n) is 4.97. The van der Waals surface area contributed by atoms with Gasteiger partial charge in [-0.3, -0.25) is 9.89 Å². The second-order valence-electron chi connectivity index (χ2n) is 7.57. The smallest absolute Gasteiger partial charge is 0.193 e. The van der Waals surface area contributed by atoms with Crippen LogP contribution < -0.4 is 5.32 Å². The highest BCUT2D eigenvalue weighted by Crippen LogP contribution is 2.29. The van der Waals surface area contributed by atoms with Gasteiger partial charge in [0.25, 0.3) is 0 Å². The topological polar surface area (TPSA) is 53.2 Å². The molecule has 6 nitrogen and oxygen atoms in total. The number of ether oxygens (including phenoxy) is 1. The van der Waals surface area contributed by atoms with E-state index in [1.165, 1.54) is 0 Å². The van der Waals surface area contributed by atoms with Crippen molar-refractivity contribution in [1.29, 1.82) is 0 Å². The molecule has 0 saturated carbocycles. The van der Waals surface area contributed by atoms with Crippen LogP contribution in [0.1, 0.15) is 31.4 Å². The number of rotatable bonds is 4. The molecule has 2 aliphatic rings. The molecule has 27 heavy (non-hydrogen) atoms. The Morgan fingerprint density at radius 2 is 2.04 bits per heavy atom. The molecule has 0 spiro atoms. The van der Waals surface area contributed by atoms with E-state index in [1.54, 1.807) is 0 Å². The monoisotopic (exact) mass is 508 g/mol. The molecular weight excluding hydrogens is 475 g/mol. The Kier molecular flexibility index (Phi) is 8.76. The summed E-state index contributed by atoms with van der Waals surface area (Å²) in [5, 5.41) is 3.61. The van der Waals surface area contributed by atoms with Crippen molar-refractivity contribution in [3.05, 3.63) is 23.7 Å². The van der Waals surface area contributed by atoms with Crippen LogP contribution in [0.3, 0.4) is 0 Å². The van der Waals surface area contributed by atoms with Crippen molar-refractivity contribution in [1.82, 2.24) is 15.1 Å². The number of hydrogen-bond acceptors (Lipinski definition) is 5. The molecule has 1 aromatic rings. The molecule has 1 N–H and O–H groups in total. The van der Waals surface area contributed by atoms with E-state index in [4.69, 9.17) is 9.15 Å². The largest absolute Gasteiger partial charge is 0.465 e. The summed E-state index contributed by atoms with van der Waals surface area (Å²) in [4.78, 5) is 9.36. The summed E-state index contributed by atoms with van der Waals surface area (Å²) in [6.07, 6.45) is 0. The maximum Gasteiger partial charge on any atom is 0.193 e. The maximum absolute atomic E-state index is 5.96. The number of nitrogens with zero attached hydrogens (tertiary/aromatic N) is 3. The van der Waals surface area contributed by atoms with Crippen LogP contribution >= 0.6 is 35.7 Å². The molecular formula is C19H33IN4O2S. The van der Waals surface area contributed by atoms with E-state index in [2.05, 4.69) is 40.0 Å². The molecule has 0 aliphatic carbocycles. The Hall–Kier alpha value is -0.450. The number of halogens is 1. The molecule has 0 bridgehead atoms. The van der Waals surface area contributed by atoms with E-state index < -0.39 is 0 Å². The third-order valence-corrected chi connectivity index (χ3v) is 6.26. The molecule has 1 aromatic heterocycles. The molecule has 2 fully saturated rings. The van der Waals surface area contributed by atoms with Crippen LogP contribution in [0.25, 0.3) is 0 Å². The average Bonchev–Trinajstić information content (AvgIpc) is 3.05. The van der Waals surface area contributed by atoms with Gasteiger partial charge in [-0.15, -0.1) is 24.0 Å². The Bertz CT molecular complexity index is 617. The SMILES string of the molecule is CN=C(NCC(c1ccc(C)o1)N1CCOCC1)N1CCSC(C)(C)C1.I. The number of aliphatic imine (C=N–C) groups is 1. The zero-order valence-electron chi connectivity index (χ0n) is 16.9. The lowest BCUT2D eigenvalue weighted by atomic mass is 10.1. The molecule has 2 aliphatic heterocycles. The number of thioether (sulfide) groups is 1. The standard InChI is InChI=1S/C19H32N4O2S.HI/c1-15-5-6-17(25-15)16(22-7-10-24-11-8-22)13-21-18(20-4)23-9-12-26-19(2,3)14-23;/h5-6,16H,7-14H2,1-4H3,(H,20,21);1H. The number of furan rings is 1. The highest BCUT2D eigenvalue weighted by Gasteiger charge is 2.30. The third kappa shape index (κ3) is 6.27. The van der Waals surface area contributed by atoms with Crippen molar-refractivity contribution in [3.8, 4) is 0 Å². The van der Waals surface area contributed by atoms with E-state index >= 15 is 0 Å². The van der Waals surface area contributed by atoms with Crippen molar-refractivity contribution in [2.45, 2.75) is 31.6 Å². The predicted octanol–water partition coefficient (Wildman–Crippen LogP) is 2.98. The van der Waals surface area contributed by atoms with Crippen LogP contribution in [0.4, 0.5) is 0 Å². The highest BCUT2D eigenvalue weighted by molar-refractivity contribution is 14.0. The molecule has 0 radical (unpaired) electrons. The van der Waals surface area contributed by atoms with Gasteiger partial charge in [0.2, 0.25) is 0 Å². The van der Waals surface area contributed by atoms with Crippen LogP contribution in [-0.2, 0) is 4.74 Å². The van der Waals surface area contributed by atoms with Crippen LogP contribution in [0.15, 0.2) is 21.5 Å². The molecule has 1 unspecified atom stereocenters. The van der Waals surface area contributed by atoms with Gasteiger partial charge in [0, 0.05) is 50.3 Å². The van der Waals surface area contributed by atoms with Gasteiger partial charge in [-0.05, 0) is 32.9 Å². The average molecular weight is 508 g/mol. The van der Waals surface area contributed by atoms with Gasteiger partial charge in [0.05, 0.1) is 19.3 Å². The van der Waals surface area contributed by atoms with Crippen molar-refractivity contribution in [3.63, 3.8) is 0 Å². The van der Waals surface area contributed by atoms with Crippen LogP contribution in [0.5, 0.6) is 0 Å². The number of guanidine groups is 1. The summed E-state index contributed by atoms with van der Waals surface area (Å²) >= 11 is 2.04. The minimum atomic E-state index is 0. The molecule has 3 heterocycles. The van der Waals surface area contributed by atoms with Crippen LogP contribution in [-0.4, -0.2) is 79.2 Å². The van der Waals surface area contributed by atoms with Crippen molar-refractivity contribution in [2.24, 2.45) is 4.99 Å². The molecule has 0 aromatic carbocycles. The van der Waals surface area contributed by atoms with E-state index in [9.17, 15) is 0 Å². The number of hydrogen-bond donors (Lipinski definition) is 1. The molecule has 8 heteroatoms. The Morgan fingerprint density at radius 3 is 2.63 bits per heavy atom. The lowest BCUT2D eigenvalue weighted by molar-refractivity contribution is 0.0123. The van der Waals surface area contributed by atoms with Gasteiger partial charge in [0.1, 0.15) is 11.5 Å². The highest BCUT2D eigenvalue weighted by atomic mass is 127. The maximum atomic E-state index is 5.96. The number of morpholine rings is 1. The second-order valence-corrected chi connectivity index (χ2v) is 9.37. The first-order chi connectivity index (χ1) is 12.5. The fraction of sp³-hybridized carbons (Fsp3) is 0.737. The summed E-state index contributed by atoms with van der Waals surface area (Å²) in [6, 6.07) is 4.33. The summed E-state index contributed by atoms with van der Waals surface area (Å²) in [5.41, 5.74) is 0. The minimum Gasteiger partial charge on any atom is -0.465 e. The van der Waals surface area contributed by atoms with Crippen molar-refractivity contribution < 1.29 is 9.15 Å². The van der Waals surface area contributed by atoms with Crippen molar-refractivity contribution in [2.75, 3.05) is 58.7 Å². The van der Waals surface area contributed by atoms with Crippen molar-refractivity contribution >= 4 is 41.7 Å². The first-order valence-corrected chi connectivity index (χ1v) is 10.4. The second kappa shape index (κ2) is 10.4. The quantitative estimate of drug-likeness (QED) is 0.384. The summed E-state index contributed by atoms with van der Waals surface area (Å²) in [7, 11) is 1.87. The zero-order chi connectivity index (χ0) is 18.6. The van der Waals surface area contributed by atoms with E-state index in [0.717, 1.165) is 69.2 Å². The lowest BCUT2D eigenvalue weighted by Gasteiger charge is -2.40. The first kappa shape index (κ1) is 22.8. The molecule has 3 rings (SSSR count). The Morgan fingerprint density at radius 1 is 1.30 bits per heavy atom. The van der Waals surface area contributed by atoms with Gasteiger partial charge < -0.3 is 19.4 Å². The van der Waals surface area contributed by atoms with Crippen LogP contribution in [0, 0.1) is 6.92 Å². The number of nitrogens with one attached hydrogen (secondary N) is 1. The normalized spacial score (nSPS) is 22.2. The lowest BCUT2D eigenvalue weighted by Crippen LogP contribution is -2.52. The Labute approximate surface area is 184 Å². The van der Waals surface area contributed by atoms with Gasteiger partial charge >= 0.3 is 0 Å². The Balaban J connectivity index is 0.00000261.